The van der Waals surface area contributed by atoms with E-state index in [1.165, 1.54) is 0 Å². The second-order valence-corrected chi connectivity index (χ2v) is 8.01. The van der Waals surface area contributed by atoms with Crippen LogP contribution >= 0.6 is 0 Å². The van der Waals surface area contributed by atoms with E-state index in [2.05, 4.69) is 0 Å². The monoisotopic (exact) mass is 292 g/mol. The lowest BCUT2D eigenvalue weighted by molar-refractivity contribution is -0.416. The minimum absolute atomic E-state index is 0.184. The van der Waals surface area contributed by atoms with Crippen LogP contribution in [0.3, 0.4) is 0 Å². The Kier molecular flexibility index (Phi) is 1.70. The average molecular weight is 292 g/mol. The molecule has 0 amide bonds. The number of esters is 2. The van der Waals surface area contributed by atoms with Crippen LogP contribution < -0.4 is 0 Å². The van der Waals surface area contributed by atoms with Gasteiger partial charge in [-0.2, -0.15) is 0 Å². The maximum atomic E-state index is 12.9. The van der Waals surface area contributed by atoms with Gasteiger partial charge in [-0.1, -0.05) is 12.8 Å². The maximum Gasteiger partial charge on any atom is 0.318 e. The molecule has 5 heteroatoms. The molecular formula is C16H20O5. The first kappa shape index (κ1) is 12.4. The first-order valence-corrected chi connectivity index (χ1v) is 7.92. The first-order chi connectivity index (χ1) is 9.78. The van der Waals surface area contributed by atoms with E-state index in [4.69, 9.17) is 14.2 Å². The van der Waals surface area contributed by atoms with Crippen molar-refractivity contribution >= 4 is 11.9 Å². The number of carbonyl (C=O) groups is 2. The Morgan fingerprint density at radius 2 is 1.71 bits per heavy atom. The molecule has 0 aromatic carbocycles. The Bertz CT molecular complexity index is 612. The molecule has 2 spiro atoms. The van der Waals surface area contributed by atoms with E-state index < -0.39 is 22.2 Å². The molecule has 5 atom stereocenters. The van der Waals surface area contributed by atoms with Crippen molar-refractivity contribution in [3.05, 3.63) is 0 Å². The summed E-state index contributed by atoms with van der Waals surface area (Å²) in [6.07, 6.45) is 4.07. The van der Waals surface area contributed by atoms with Crippen LogP contribution in [0.15, 0.2) is 0 Å². The highest BCUT2D eigenvalue weighted by Crippen LogP contribution is 2.92. The summed E-state index contributed by atoms with van der Waals surface area (Å²) in [5.41, 5.74) is -2.48. The van der Waals surface area contributed by atoms with Crippen molar-refractivity contribution in [3.63, 3.8) is 0 Å². The van der Waals surface area contributed by atoms with Crippen molar-refractivity contribution < 1.29 is 23.8 Å². The molecule has 21 heavy (non-hydrogen) atoms. The molecule has 2 saturated heterocycles. The van der Waals surface area contributed by atoms with Gasteiger partial charge in [0, 0.05) is 20.3 Å². The highest BCUT2D eigenvalue weighted by molar-refractivity contribution is 5.99. The molecule has 0 N–H and O–H groups in total. The van der Waals surface area contributed by atoms with Crippen LogP contribution in [-0.2, 0) is 23.8 Å². The van der Waals surface area contributed by atoms with Crippen LogP contribution in [0.1, 0.15) is 52.9 Å². The minimum Gasteiger partial charge on any atom is -0.461 e. The number of hydrogen-bond donors (Lipinski definition) is 0. The highest BCUT2D eigenvalue weighted by Gasteiger charge is 3.03. The molecular weight excluding hydrogens is 272 g/mol. The Hall–Kier alpha value is -1.10. The van der Waals surface area contributed by atoms with E-state index in [9.17, 15) is 9.59 Å². The fourth-order valence-corrected chi connectivity index (χ4v) is 7.04. The summed E-state index contributed by atoms with van der Waals surface area (Å²) in [5, 5.41) is 0. The minimum atomic E-state index is -0.936. The van der Waals surface area contributed by atoms with Crippen molar-refractivity contribution in [2.45, 2.75) is 70.4 Å². The second-order valence-electron chi connectivity index (χ2n) is 8.01. The third kappa shape index (κ3) is 0.805. The normalized spacial score (nSPS) is 58.7. The second kappa shape index (κ2) is 2.87. The van der Waals surface area contributed by atoms with E-state index in [0.29, 0.717) is 6.42 Å². The van der Waals surface area contributed by atoms with Gasteiger partial charge in [-0.3, -0.25) is 9.59 Å². The lowest BCUT2D eigenvalue weighted by Gasteiger charge is -2.74. The van der Waals surface area contributed by atoms with E-state index >= 15 is 0 Å². The Morgan fingerprint density at radius 3 is 2.48 bits per heavy atom. The van der Waals surface area contributed by atoms with Gasteiger partial charge in [0.1, 0.15) is 11.5 Å². The van der Waals surface area contributed by atoms with E-state index in [1.807, 2.05) is 6.92 Å². The van der Waals surface area contributed by atoms with Crippen LogP contribution in [-0.4, -0.2) is 29.4 Å². The Morgan fingerprint density at radius 1 is 1.00 bits per heavy atom. The van der Waals surface area contributed by atoms with Gasteiger partial charge in [-0.05, 0) is 19.8 Å². The quantitative estimate of drug-likeness (QED) is 0.638. The zero-order valence-corrected chi connectivity index (χ0v) is 12.7. The lowest BCUT2D eigenvalue weighted by atomic mass is 9.30. The number of ether oxygens (including phenoxy) is 3. The zero-order chi connectivity index (χ0) is 14.9. The predicted molar refractivity (Wildman–Crippen MR) is 69.9 cm³/mol. The molecule has 0 aromatic heterocycles. The van der Waals surface area contributed by atoms with Crippen molar-refractivity contribution in [3.8, 4) is 0 Å². The van der Waals surface area contributed by atoms with Gasteiger partial charge in [0.25, 0.3) is 0 Å². The van der Waals surface area contributed by atoms with Crippen LogP contribution in [0, 0.1) is 16.2 Å². The molecule has 4 saturated carbocycles. The summed E-state index contributed by atoms with van der Waals surface area (Å²) >= 11 is 0. The SMILES string of the molecule is CC1(C)OC(=O)[C@@]23CC4OC(=O)[C@@]25CCCC[C@]45[C@@]3(C)O1. The first-order valence-electron chi connectivity index (χ1n) is 7.92. The van der Waals surface area contributed by atoms with E-state index in [0.717, 1.165) is 25.7 Å². The van der Waals surface area contributed by atoms with Gasteiger partial charge in [-0.15, -0.1) is 0 Å². The summed E-state index contributed by atoms with van der Waals surface area (Å²) in [4.78, 5) is 25.6. The van der Waals surface area contributed by atoms with Crippen LogP contribution in [0.2, 0.25) is 0 Å². The Balaban J connectivity index is 1.80. The zero-order valence-electron chi connectivity index (χ0n) is 12.7. The van der Waals surface area contributed by atoms with Gasteiger partial charge < -0.3 is 14.2 Å². The van der Waals surface area contributed by atoms with Crippen molar-refractivity contribution in [1.29, 1.82) is 0 Å². The van der Waals surface area contributed by atoms with Crippen LogP contribution in [0.4, 0.5) is 0 Å². The van der Waals surface area contributed by atoms with Gasteiger partial charge in [-0.25, -0.2) is 0 Å². The molecule has 1 unspecified atom stereocenters. The Labute approximate surface area is 123 Å². The molecule has 4 aliphatic carbocycles. The molecule has 4 bridgehead atoms. The molecule has 2 aliphatic heterocycles. The molecule has 2 heterocycles. The third-order valence-corrected chi connectivity index (χ3v) is 7.30. The van der Waals surface area contributed by atoms with Gasteiger partial charge in [0.2, 0.25) is 5.79 Å². The molecule has 0 aromatic rings. The fourth-order valence-electron chi connectivity index (χ4n) is 7.04. The van der Waals surface area contributed by atoms with Crippen molar-refractivity contribution in [2.24, 2.45) is 16.2 Å². The van der Waals surface area contributed by atoms with Crippen molar-refractivity contribution in [1.82, 2.24) is 0 Å². The molecule has 6 fully saturated rings. The fraction of sp³-hybridized carbons (Fsp3) is 0.875. The summed E-state index contributed by atoms with van der Waals surface area (Å²) in [7, 11) is 0. The van der Waals surface area contributed by atoms with E-state index in [-0.39, 0.29) is 23.5 Å². The standard InChI is InChI=1S/C16H20O5/c1-12(2)20-11(18)16-8-9-14(13(16,3)21-12)6-4-5-7-15(14,16)10(17)19-9/h9H,4-8H2,1-3H3/t9?,13-,14-,15-,16-/m1/s1. The average Bonchev–Trinajstić information content (AvgIpc) is 2.87. The lowest BCUT2D eigenvalue weighted by Crippen LogP contribution is -2.85. The van der Waals surface area contributed by atoms with Gasteiger partial charge in [0.05, 0.1) is 16.4 Å². The topological polar surface area (TPSA) is 61.8 Å². The largest absolute Gasteiger partial charge is 0.461 e. The molecule has 114 valence electrons. The van der Waals surface area contributed by atoms with E-state index in [1.54, 1.807) is 13.8 Å². The maximum absolute atomic E-state index is 12.9. The van der Waals surface area contributed by atoms with Gasteiger partial charge >= 0.3 is 11.9 Å². The van der Waals surface area contributed by atoms with Gasteiger partial charge in [0.15, 0.2) is 0 Å². The number of hydrogen-bond acceptors (Lipinski definition) is 5. The summed E-state index contributed by atoms with van der Waals surface area (Å²) in [6, 6.07) is 0. The van der Waals surface area contributed by atoms with Crippen LogP contribution in [0.25, 0.3) is 0 Å². The smallest absolute Gasteiger partial charge is 0.318 e. The summed E-state index contributed by atoms with van der Waals surface area (Å²) in [6.45, 7) is 5.57. The highest BCUT2D eigenvalue weighted by atomic mass is 16.7. The number of cyclic esters (lactones) is 1. The molecule has 6 rings (SSSR count). The predicted octanol–water partition coefficient (Wildman–Crippen LogP) is 1.93. The molecule has 5 nitrogen and oxygen atoms in total. The summed E-state index contributed by atoms with van der Waals surface area (Å²) < 4.78 is 17.6. The van der Waals surface area contributed by atoms with Crippen molar-refractivity contribution in [2.75, 3.05) is 0 Å². The number of rotatable bonds is 0. The molecule has 6 aliphatic rings. The third-order valence-electron chi connectivity index (χ3n) is 7.30. The van der Waals surface area contributed by atoms with Crippen LogP contribution in [0.5, 0.6) is 0 Å². The number of carbonyl (C=O) groups excluding carboxylic acids is 2. The summed E-state index contributed by atoms with van der Waals surface area (Å²) in [5.74, 6) is -1.37. The molecule has 0 radical (unpaired) electrons.